The topological polar surface area (TPSA) is 94.0 Å². The number of phenolic OH excluding ortho intramolecular Hbond substituents is 1. The number of carbonyl (C=O) groups is 2. The fourth-order valence-corrected chi connectivity index (χ4v) is 7.30. The maximum atomic E-state index is 14.0. The predicted molar refractivity (Wildman–Crippen MR) is 210 cm³/mol. The van der Waals surface area contributed by atoms with Crippen molar-refractivity contribution in [3.8, 4) is 5.75 Å². The van der Waals surface area contributed by atoms with Crippen LogP contribution >= 0.6 is 46.4 Å². The molecule has 1 aliphatic heterocycles. The van der Waals surface area contributed by atoms with Crippen molar-refractivity contribution in [3.05, 3.63) is 79.7 Å². The molecule has 0 saturated carbocycles. The summed E-state index contributed by atoms with van der Waals surface area (Å²) in [6.07, 6.45) is 12.7. The summed E-state index contributed by atoms with van der Waals surface area (Å²) >= 11 is 25.3. The third kappa shape index (κ3) is 11.0. The molecule has 3 N–H and O–H groups in total. The standard InChI is InChI=1S/C39H48Cl4N4O3/c1-5-6-7-8-9-10-11-12-13-14-15-28(25-16-19-34(48)29(20-25)39(2,3)4)38(50)44-27-17-18-30(41)33(23-27)45-35-24-36(49)47(46-35)37-31(42)21-26(40)22-32(37)43/h16-23,28,48H,5-15,24H2,1-4H3,(H,44,50)(H,45,46). The highest BCUT2D eigenvalue weighted by Gasteiger charge is 2.31. The van der Waals surface area contributed by atoms with Crippen LogP contribution in [0.5, 0.6) is 5.75 Å². The largest absolute Gasteiger partial charge is 0.508 e. The molecule has 7 nitrogen and oxygen atoms in total. The first-order valence-electron chi connectivity index (χ1n) is 17.5. The van der Waals surface area contributed by atoms with E-state index in [1.807, 2.05) is 32.9 Å². The molecule has 0 aromatic heterocycles. The van der Waals surface area contributed by atoms with Gasteiger partial charge in [0.15, 0.2) is 0 Å². The van der Waals surface area contributed by atoms with Crippen LogP contribution < -0.4 is 15.8 Å². The summed E-state index contributed by atoms with van der Waals surface area (Å²) in [6.45, 7) is 8.38. The van der Waals surface area contributed by atoms with Crippen LogP contribution in [0.25, 0.3) is 0 Å². The van der Waals surface area contributed by atoms with Crippen LogP contribution in [0.4, 0.5) is 17.1 Å². The Bertz CT molecular complexity index is 1670. The van der Waals surface area contributed by atoms with Crippen LogP contribution in [0.15, 0.2) is 53.5 Å². The second-order valence-corrected chi connectivity index (χ2v) is 15.7. The number of halogens is 4. The van der Waals surface area contributed by atoms with Crippen molar-refractivity contribution in [2.45, 2.75) is 116 Å². The number of hydrogen-bond donors (Lipinski definition) is 3. The van der Waals surface area contributed by atoms with E-state index in [2.05, 4.69) is 22.7 Å². The number of anilines is 2. The fourth-order valence-electron chi connectivity index (χ4n) is 6.15. The lowest BCUT2D eigenvalue weighted by atomic mass is 9.82. The molecule has 11 heteroatoms. The minimum absolute atomic E-state index is 0.0416. The van der Waals surface area contributed by atoms with Crippen molar-refractivity contribution in [2.24, 2.45) is 4.99 Å². The van der Waals surface area contributed by atoms with E-state index in [1.165, 1.54) is 62.1 Å². The number of unbranched alkanes of at least 4 members (excludes halogenated alkanes) is 9. The van der Waals surface area contributed by atoms with Gasteiger partial charge in [0.1, 0.15) is 17.3 Å². The van der Waals surface area contributed by atoms with E-state index >= 15 is 0 Å². The first kappa shape index (κ1) is 39.8. The number of phenols is 1. The van der Waals surface area contributed by atoms with Gasteiger partial charge in [-0.2, -0.15) is 0 Å². The first-order chi connectivity index (χ1) is 23.8. The molecular formula is C39H48Cl4N4O3. The summed E-state index contributed by atoms with van der Waals surface area (Å²) in [5.41, 5.74) is 5.51. The molecule has 0 spiro atoms. The predicted octanol–water partition coefficient (Wildman–Crippen LogP) is 12.3. The summed E-state index contributed by atoms with van der Waals surface area (Å²) in [6, 6.07) is 13.6. The van der Waals surface area contributed by atoms with E-state index in [4.69, 9.17) is 46.4 Å². The highest BCUT2D eigenvalue weighted by atomic mass is 35.5. The van der Waals surface area contributed by atoms with Gasteiger partial charge >= 0.3 is 0 Å². The molecule has 0 aliphatic carbocycles. The zero-order valence-corrected chi connectivity index (χ0v) is 32.4. The molecule has 270 valence electrons. The Balaban J connectivity index is 1.48. The Morgan fingerprint density at radius 1 is 0.880 bits per heavy atom. The number of amides is 2. The van der Waals surface area contributed by atoms with E-state index in [9.17, 15) is 14.7 Å². The summed E-state index contributed by atoms with van der Waals surface area (Å²) in [5.74, 6) is -0.333. The van der Waals surface area contributed by atoms with Gasteiger partial charge in [0.2, 0.25) is 5.91 Å². The molecule has 0 radical (unpaired) electrons. The molecule has 1 saturated heterocycles. The molecule has 0 bridgehead atoms. The monoisotopic (exact) mass is 760 g/mol. The van der Waals surface area contributed by atoms with E-state index in [0.717, 1.165) is 30.4 Å². The minimum atomic E-state index is -0.423. The lowest BCUT2D eigenvalue weighted by Gasteiger charge is -2.24. The number of hydrogen-bond acceptors (Lipinski definition) is 4. The molecular weight excluding hydrogens is 714 g/mol. The lowest BCUT2D eigenvalue weighted by Crippen LogP contribution is -2.36. The Morgan fingerprint density at radius 3 is 2.12 bits per heavy atom. The number of benzene rings is 3. The molecule has 4 rings (SSSR count). The van der Waals surface area contributed by atoms with Crippen molar-refractivity contribution in [3.63, 3.8) is 0 Å². The van der Waals surface area contributed by atoms with Crippen LogP contribution in [0.3, 0.4) is 0 Å². The third-order valence-corrected chi connectivity index (χ3v) is 9.99. The minimum Gasteiger partial charge on any atom is -0.508 e. The smallest absolute Gasteiger partial charge is 0.253 e. The number of amidine groups is 1. The number of aromatic hydroxyl groups is 1. The summed E-state index contributed by atoms with van der Waals surface area (Å²) in [5, 5.41) is 16.1. The van der Waals surface area contributed by atoms with E-state index in [1.54, 1.807) is 24.3 Å². The molecule has 2 amide bonds. The molecule has 3 aromatic rings. The van der Waals surface area contributed by atoms with Gasteiger partial charge in [-0.05, 0) is 59.4 Å². The second-order valence-electron chi connectivity index (χ2n) is 14.0. The van der Waals surface area contributed by atoms with Crippen LogP contribution in [-0.4, -0.2) is 22.8 Å². The number of nitrogens with zero attached hydrogens (tertiary/aromatic N) is 2. The highest BCUT2D eigenvalue weighted by Crippen LogP contribution is 2.38. The summed E-state index contributed by atoms with van der Waals surface area (Å²) in [7, 11) is 0. The van der Waals surface area contributed by atoms with Gasteiger partial charge in [0, 0.05) is 10.7 Å². The second kappa shape index (κ2) is 18.5. The number of rotatable bonds is 16. The SMILES string of the molecule is CCCCCCCCCCCCC(C(=O)Nc1ccc(Cl)c(N=C2CC(=O)N(c3c(Cl)cc(Cl)cc3Cl)N2)c1)c1ccc(O)c(C(C)(C)C)c1. The fraction of sp³-hybridized carbons (Fsp3) is 0.462. The van der Waals surface area contributed by atoms with Crippen LogP contribution in [0.2, 0.25) is 20.1 Å². The quantitative estimate of drug-likeness (QED) is 0.127. The van der Waals surface area contributed by atoms with Gasteiger partial charge < -0.3 is 10.4 Å². The van der Waals surface area contributed by atoms with Gasteiger partial charge in [-0.1, -0.05) is 150 Å². The van der Waals surface area contributed by atoms with Crippen molar-refractivity contribution >= 4 is 81.1 Å². The zero-order valence-electron chi connectivity index (χ0n) is 29.4. The summed E-state index contributed by atoms with van der Waals surface area (Å²) < 4.78 is 0. The average molecular weight is 763 g/mol. The molecule has 1 aliphatic rings. The lowest BCUT2D eigenvalue weighted by molar-refractivity contribution is -0.118. The number of aliphatic imine (C=N–C) groups is 1. The van der Waals surface area contributed by atoms with Gasteiger partial charge in [-0.25, -0.2) is 10.0 Å². The van der Waals surface area contributed by atoms with Crippen molar-refractivity contribution in [1.29, 1.82) is 0 Å². The zero-order chi connectivity index (χ0) is 36.4. The number of carbonyl (C=O) groups excluding carboxylic acids is 2. The first-order valence-corrected chi connectivity index (χ1v) is 19.0. The van der Waals surface area contributed by atoms with Gasteiger partial charge in [0.25, 0.3) is 5.91 Å². The van der Waals surface area contributed by atoms with Crippen molar-refractivity contribution in [2.75, 3.05) is 10.3 Å². The average Bonchev–Trinajstić information content (AvgIpc) is 3.39. The highest BCUT2D eigenvalue weighted by molar-refractivity contribution is 6.42. The van der Waals surface area contributed by atoms with Crippen LogP contribution in [0.1, 0.15) is 122 Å². The van der Waals surface area contributed by atoms with Crippen LogP contribution in [0, 0.1) is 0 Å². The Hall–Kier alpha value is -2.97. The normalized spacial score (nSPS) is 14.7. The Labute approximate surface area is 316 Å². The number of hydrazine groups is 1. The molecule has 1 heterocycles. The van der Waals surface area contributed by atoms with Gasteiger partial charge in [0.05, 0.1) is 33.1 Å². The van der Waals surface area contributed by atoms with Crippen molar-refractivity contribution < 1.29 is 14.7 Å². The van der Waals surface area contributed by atoms with Gasteiger partial charge in [-0.15, -0.1) is 0 Å². The Morgan fingerprint density at radius 2 is 1.50 bits per heavy atom. The maximum absolute atomic E-state index is 14.0. The third-order valence-electron chi connectivity index (χ3n) is 8.88. The molecule has 1 fully saturated rings. The van der Waals surface area contributed by atoms with Crippen molar-refractivity contribution in [1.82, 2.24) is 5.43 Å². The maximum Gasteiger partial charge on any atom is 0.253 e. The molecule has 3 aromatic carbocycles. The van der Waals surface area contributed by atoms with Gasteiger partial charge in [-0.3, -0.25) is 15.0 Å². The van der Waals surface area contributed by atoms with Crippen LogP contribution in [-0.2, 0) is 15.0 Å². The molecule has 1 unspecified atom stereocenters. The number of nitrogens with one attached hydrogen (secondary N) is 2. The van der Waals surface area contributed by atoms with E-state index in [-0.39, 0.29) is 45.1 Å². The molecule has 1 atom stereocenters. The Kier molecular flexibility index (Phi) is 14.7. The van der Waals surface area contributed by atoms with E-state index in [0.29, 0.717) is 33.7 Å². The summed E-state index contributed by atoms with van der Waals surface area (Å²) in [4.78, 5) is 31.5. The molecule has 50 heavy (non-hydrogen) atoms. The van der Waals surface area contributed by atoms with E-state index < -0.39 is 5.92 Å².